The van der Waals surface area contributed by atoms with Gasteiger partial charge in [0.2, 0.25) is 0 Å². The van der Waals surface area contributed by atoms with Gasteiger partial charge in [0.15, 0.2) is 11.6 Å². The lowest BCUT2D eigenvalue weighted by Crippen LogP contribution is -2.51. The summed E-state index contributed by atoms with van der Waals surface area (Å²) in [5.74, 6) is -1.19. The number of likely N-dealkylation sites (tertiary alicyclic amines) is 2. The predicted octanol–water partition coefficient (Wildman–Crippen LogP) is 3.00. The molecule has 0 saturated carbocycles. The lowest BCUT2D eigenvalue weighted by Gasteiger charge is -2.36. The molecule has 1 unspecified atom stereocenters. The molecule has 2 saturated heterocycles. The SMILES string of the molecule is COCC1CCCN(C(=O)NC2CCN(Cc3ccc(F)c(F)c3)CC2)C1. The fourth-order valence-electron chi connectivity index (χ4n) is 4.02. The second kappa shape index (κ2) is 9.46. The van der Waals surface area contributed by atoms with Gasteiger partial charge >= 0.3 is 6.03 Å². The van der Waals surface area contributed by atoms with Crippen molar-refractivity contribution in [2.24, 2.45) is 5.92 Å². The molecule has 0 radical (unpaired) electrons. The Hall–Kier alpha value is -1.73. The number of urea groups is 1. The monoisotopic (exact) mass is 381 g/mol. The molecule has 1 N–H and O–H groups in total. The van der Waals surface area contributed by atoms with Gasteiger partial charge in [0.05, 0.1) is 6.61 Å². The summed E-state index contributed by atoms with van der Waals surface area (Å²) in [5, 5.41) is 3.16. The van der Waals surface area contributed by atoms with Crippen LogP contribution >= 0.6 is 0 Å². The van der Waals surface area contributed by atoms with Crippen LogP contribution in [-0.2, 0) is 11.3 Å². The van der Waals surface area contributed by atoms with Crippen LogP contribution in [-0.4, -0.2) is 61.8 Å². The number of benzene rings is 1. The highest BCUT2D eigenvalue weighted by Gasteiger charge is 2.26. The van der Waals surface area contributed by atoms with Crippen molar-refractivity contribution in [2.45, 2.75) is 38.3 Å². The van der Waals surface area contributed by atoms with Crippen molar-refractivity contribution in [3.63, 3.8) is 0 Å². The third kappa shape index (κ3) is 5.62. The van der Waals surface area contributed by atoms with Gasteiger partial charge < -0.3 is 15.0 Å². The van der Waals surface area contributed by atoms with E-state index in [1.54, 1.807) is 13.2 Å². The number of hydrogen-bond acceptors (Lipinski definition) is 3. The number of nitrogens with one attached hydrogen (secondary N) is 1. The van der Waals surface area contributed by atoms with Crippen molar-refractivity contribution in [2.75, 3.05) is 39.9 Å². The summed E-state index contributed by atoms with van der Waals surface area (Å²) in [7, 11) is 1.70. The number of rotatable bonds is 5. The number of nitrogens with zero attached hydrogens (tertiary/aromatic N) is 2. The third-order valence-corrected chi connectivity index (χ3v) is 5.51. The lowest BCUT2D eigenvalue weighted by atomic mass is 9.99. The maximum absolute atomic E-state index is 13.3. The summed E-state index contributed by atoms with van der Waals surface area (Å²) in [5.41, 5.74) is 0.772. The van der Waals surface area contributed by atoms with E-state index >= 15 is 0 Å². The van der Waals surface area contributed by atoms with Crippen molar-refractivity contribution < 1.29 is 18.3 Å². The zero-order valence-electron chi connectivity index (χ0n) is 15.9. The van der Waals surface area contributed by atoms with Gasteiger partial charge in [0.25, 0.3) is 0 Å². The van der Waals surface area contributed by atoms with Gasteiger partial charge in [-0.3, -0.25) is 4.90 Å². The Balaban J connectivity index is 1.42. The molecule has 7 heteroatoms. The first-order valence-corrected chi connectivity index (χ1v) is 9.76. The zero-order chi connectivity index (χ0) is 19.2. The van der Waals surface area contributed by atoms with Crippen molar-refractivity contribution >= 4 is 6.03 Å². The second-order valence-electron chi connectivity index (χ2n) is 7.66. The fraction of sp³-hybridized carbons (Fsp3) is 0.650. The largest absolute Gasteiger partial charge is 0.384 e. The molecule has 2 amide bonds. The number of carbonyl (C=O) groups excluding carboxylic acids is 1. The Bertz CT molecular complexity index is 634. The zero-order valence-corrected chi connectivity index (χ0v) is 15.9. The molecule has 1 aromatic rings. The molecule has 2 heterocycles. The van der Waals surface area contributed by atoms with Crippen LogP contribution < -0.4 is 5.32 Å². The van der Waals surface area contributed by atoms with Gasteiger partial charge in [-0.25, -0.2) is 13.6 Å². The van der Waals surface area contributed by atoms with E-state index in [-0.39, 0.29) is 12.1 Å². The summed E-state index contributed by atoms with van der Waals surface area (Å²) in [4.78, 5) is 16.7. The molecule has 1 atom stereocenters. The van der Waals surface area contributed by atoms with E-state index in [1.807, 2.05) is 4.90 Å². The number of amides is 2. The summed E-state index contributed by atoms with van der Waals surface area (Å²) in [6.45, 7) is 4.52. The number of hydrogen-bond donors (Lipinski definition) is 1. The molecule has 0 aliphatic carbocycles. The van der Waals surface area contributed by atoms with E-state index in [9.17, 15) is 13.6 Å². The van der Waals surface area contributed by atoms with Crippen LogP contribution in [0.4, 0.5) is 13.6 Å². The molecule has 5 nitrogen and oxygen atoms in total. The maximum atomic E-state index is 13.3. The van der Waals surface area contributed by atoms with Crippen molar-refractivity contribution in [1.29, 1.82) is 0 Å². The first-order valence-electron chi connectivity index (χ1n) is 9.76. The van der Waals surface area contributed by atoms with Gasteiger partial charge in [-0.2, -0.15) is 0 Å². The summed E-state index contributed by atoms with van der Waals surface area (Å²) in [6.07, 6.45) is 3.86. The van der Waals surface area contributed by atoms with E-state index in [0.29, 0.717) is 19.1 Å². The first kappa shape index (κ1) is 20.0. The van der Waals surface area contributed by atoms with E-state index in [0.717, 1.165) is 57.4 Å². The molecule has 0 aromatic heterocycles. The highest BCUT2D eigenvalue weighted by atomic mass is 19.2. The highest BCUT2D eigenvalue weighted by Crippen LogP contribution is 2.19. The fourth-order valence-corrected chi connectivity index (χ4v) is 4.02. The average Bonchev–Trinajstić information content (AvgIpc) is 2.67. The molecule has 150 valence electrons. The molecule has 2 aliphatic heterocycles. The van der Waals surface area contributed by atoms with E-state index in [1.165, 1.54) is 12.1 Å². The van der Waals surface area contributed by atoms with E-state index in [4.69, 9.17) is 4.74 Å². The Morgan fingerprint density at radius 2 is 1.96 bits per heavy atom. The lowest BCUT2D eigenvalue weighted by molar-refractivity contribution is 0.0978. The van der Waals surface area contributed by atoms with Gasteiger partial charge in [0, 0.05) is 51.8 Å². The molecule has 27 heavy (non-hydrogen) atoms. The maximum Gasteiger partial charge on any atom is 0.317 e. The molecule has 0 bridgehead atoms. The summed E-state index contributed by atoms with van der Waals surface area (Å²) >= 11 is 0. The third-order valence-electron chi connectivity index (χ3n) is 5.51. The number of piperidine rings is 2. The van der Waals surface area contributed by atoms with Crippen molar-refractivity contribution in [1.82, 2.24) is 15.1 Å². The van der Waals surface area contributed by atoms with E-state index < -0.39 is 11.6 Å². The van der Waals surface area contributed by atoms with Crippen molar-refractivity contribution in [3.05, 3.63) is 35.4 Å². The van der Waals surface area contributed by atoms with Gasteiger partial charge in [-0.1, -0.05) is 6.07 Å². The second-order valence-corrected chi connectivity index (χ2v) is 7.66. The Kier molecular flexibility index (Phi) is 7.01. The standard InChI is InChI=1S/C20H29F2N3O2/c1-27-14-16-3-2-8-25(13-16)20(26)23-17-6-9-24(10-7-17)12-15-4-5-18(21)19(22)11-15/h4-5,11,16-17H,2-3,6-10,12-14H2,1H3,(H,23,26). The van der Waals surface area contributed by atoms with Gasteiger partial charge in [-0.15, -0.1) is 0 Å². The first-order chi connectivity index (χ1) is 13.0. The smallest absolute Gasteiger partial charge is 0.317 e. The highest BCUT2D eigenvalue weighted by molar-refractivity contribution is 5.74. The molecular formula is C20H29F2N3O2. The topological polar surface area (TPSA) is 44.8 Å². The van der Waals surface area contributed by atoms with Crippen LogP contribution in [0, 0.1) is 17.6 Å². The van der Waals surface area contributed by atoms with E-state index in [2.05, 4.69) is 10.2 Å². The van der Waals surface area contributed by atoms with Crippen LogP contribution in [0.3, 0.4) is 0 Å². The quantitative estimate of drug-likeness (QED) is 0.853. The van der Waals surface area contributed by atoms with Crippen LogP contribution in [0.5, 0.6) is 0 Å². The van der Waals surface area contributed by atoms with Crippen molar-refractivity contribution in [3.8, 4) is 0 Å². The Labute approximate surface area is 159 Å². The van der Waals surface area contributed by atoms with Gasteiger partial charge in [-0.05, 0) is 43.4 Å². The minimum atomic E-state index is -0.814. The molecule has 3 rings (SSSR count). The molecule has 1 aromatic carbocycles. The number of halogens is 2. The number of carbonyl (C=O) groups is 1. The van der Waals surface area contributed by atoms with Crippen LogP contribution in [0.25, 0.3) is 0 Å². The average molecular weight is 381 g/mol. The van der Waals surface area contributed by atoms with Crippen LogP contribution in [0.2, 0.25) is 0 Å². The minimum absolute atomic E-state index is 0.0230. The minimum Gasteiger partial charge on any atom is -0.384 e. The van der Waals surface area contributed by atoms with Crippen LogP contribution in [0.15, 0.2) is 18.2 Å². The van der Waals surface area contributed by atoms with Crippen LogP contribution in [0.1, 0.15) is 31.2 Å². The van der Waals surface area contributed by atoms with Gasteiger partial charge in [0.1, 0.15) is 0 Å². The molecule has 0 spiro atoms. The Morgan fingerprint density at radius 3 is 2.67 bits per heavy atom. The molecule has 2 aliphatic rings. The summed E-state index contributed by atoms with van der Waals surface area (Å²) < 4.78 is 31.6. The number of ether oxygens (including phenoxy) is 1. The predicted molar refractivity (Wildman–Crippen MR) is 99.4 cm³/mol. The summed E-state index contributed by atoms with van der Waals surface area (Å²) in [6, 6.07) is 4.25. The number of methoxy groups -OCH3 is 1. The normalized spacial score (nSPS) is 22.0. The Morgan fingerprint density at radius 1 is 1.19 bits per heavy atom. The molecular weight excluding hydrogens is 352 g/mol. The molecule has 2 fully saturated rings.